The third kappa shape index (κ3) is 7.10. The van der Waals surface area contributed by atoms with E-state index in [1.54, 1.807) is 54.6 Å². The Bertz CT molecular complexity index is 1250. The maximum Gasteiger partial charge on any atom is 0.343 e. The van der Waals surface area contributed by atoms with Gasteiger partial charge in [0.05, 0.1) is 17.7 Å². The highest BCUT2D eigenvalue weighted by Gasteiger charge is 2.16. The van der Waals surface area contributed by atoms with Crippen LogP contribution in [0.4, 0.5) is 5.69 Å². The van der Waals surface area contributed by atoms with Crippen molar-refractivity contribution in [1.82, 2.24) is 15.8 Å². The van der Waals surface area contributed by atoms with E-state index in [1.807, 2.05) is 14.1 Å². The Morgan fingerprint density at radius 3 is 2.43 bits per heavy atom. The maximum absolute atomic E-state index is 12.8. The first-order valence-corrected chi connectivity index (χ1v) is 10.9. The minimum Gasteiger partial charge on any atom is -0.423 e. The molecule has 0 aliphatic carbocycles. The Morgan fingerprint density at radius 2 is 1.77 bits per heavy atom. The highest BCUT2D eigenvalue weighted by Crippen LogP contribution is 2.30. The van der Waals surface area contributed by atoms with Crippen molar-refractivity contribution in [3.63, 3.8) is 0 Å². The minimum absolute atomic E-state index is 0.0667. The van der Waals surface area contributed by atoms with Gasteiger partial charge in [0.25, 0.3) is 0 Å². The predicted molar refractivity (Wildman–Crippen MR) is 137 cm³/mol. The van der Waals surface area contributed by atoms with E-state index >= 15 is 0 Å². The molecule has 0 fully saturated rings. The number of aliphatic imine (C=N–C) groups is 1. The quantitative estimate of drug-likeness (QED) is 0.0704. The molecule has 0 aromatic heterocycles. The van der Waals surface area contributed by atoms with Crippen molar-refractivity contribution in [3.8, 4) is 5.75 Å². The Morgan fingerprint density at radius 1 is 1.06 bits per heavy atom. The molecular weight excluding hydrogens is 446 g/mol. The summed E-state index contributed by atoms with van der Waals surface area (Å²) in [6, 6.07) is 15.1. The van der Waals surface area contributed by atoms with Crippen molar-refractivity contribution < 1.29 is 14.3 Å². The Hall–Kier alpha value is -4.28. The van der Waals surface area contributed by atoms with E-state index in [9.17, 15) is 9.59 Å². The number of hydrogen-bond acceptors (Lipinski definition) is 7. The van der Waals surface area contributed by atoms with Crippen molar-refractivity contribution in [2.45, 2.75) is 6.42 Å². The molecule has 3 aromatic rings. The number of benzene rings is 3. The zero-order valence-corrected chi connectivity index (χ0v) is 19.7. The van der Waals surface area contributed by atoms with Crippen molar-refractivity contribution in [1.29, 1.82) is 5.41 Å². The molecule has 0 saturated heterocycles. The lowest BCUT2D eigenvalue weighted by atomic mass is 9.98. The van der Waals surface area contributed by atoms with Gasteiger partial charge in [-0.05, 0) is 61.3 Å². The van der Waals surface area contributed by atoms with E-state index in [1.165, 1.54) is 6.34 Å². The number of amides is 1. The summed E-state index contributed by atoms with van der Waals surface area (Å²) in [7, 11) is 3.98. The zero-order chi connectivity index (χ0) is 25.4. The number of amidine groups is 1. The highest BCUT2D eigenvalue weighted by atomic mass is 16.5. The molecule has 3 aromatic carbocycles. The summed E-state index contributed by atoms with van der Waals surface area (Å²) < 4.78 is 5.62. The van der Waals surface area contributed by atoms with Crippen LogP contribution >= 0.6 is 0 Å². The molecule has 10 heteroatoms. The van der Waals surface area contributed by atoms with E-state index in [0.717, 1.165) is 18.5 Å². The topological polar surface area (TPSA) is 159 Å². The summed E-state index contributed by atoms with van der Waals surface area (Å²) in [5, 5.41) is 9.06. The molecule has 0 aliphatic heterocycles. The van der Waals surface area contributed by atoms with Crippen LogP contribution in [0.15, 0.2) is 59.6 Å². The fourth-order valence-corrected chi connectivity index (χ4v) is 3.34. The molecule has 3 rings (SSSR count). The maximum atomic E-state index is 12.8. The number of carbonyl (C=O) groups is 2. The fraction of sp³-hybridized carbons (Fsp3) is 0.200. The second kappa shape index (κ2) is 11.7. The first kappa shape index (κ1) is 25.3. The Kier molecular flexibility index (Phi) is 8.49. The number of carbonyl (C=O) groups excluding carboxylic acids is 2. The number of primary amides is 1. The average molecular weight is 476 g/mol. The van der Waals surface area contributed by atoms with Gasteiger partial charge in [0, 0.05) is 24.2 Å². The van der Waals surface area contributed by atoms with Crippen molar-refractivity contribution in [2.75, 3.05) is 27.2 Å². The van der Waals surface area contributed by atoms with Gasteiger partial charge in [0.2, 0.25) is 5.91 Å². The molecule has 0 saturated carbocycles. The summed E-state index contributed by atoms with van der Waals surface area (Å²) in [5.74, 6) is -0.957. The third-order valence-corrected chi connectivity index (χ3v) is 5.12. The molecule has 0 atom stereocenters. The molecule has 10 nitrogen and oxygen atoms in total. The monoisotopic (exact) mass is 475 g/mol. The van der Waals surface area contributed by atoms with Crippen LogP contribution in [0.25, 0.3) is 10.8 Å². The number of likely N-dealkylation sites (N-methyl/N-ethyl adjacent to an activating group) is 1. The standard InChI is InChI=1S/C25H29N7O3/c1-32(2)12-11-30-31-15-29-19-7-3-16(4-8-19)25(34)35-22-10-6-17-13-18(24(27)28)5-9-20(17)21(22)14-23(26)33/h3-10,13,15,30H,11-12,14H2,1-2H3,(H2,26,33)(H3,27,28)(H,29,31). The number of nitrogens with two attached hydrogens (primary N) is 2. The first-order valence-electron chi connectivity index (χ1n) is 10.9. The molecule has 7 N–H and O–H groups in total. The Balaban J connectivity index is 1.73. The van der Waals surface area contributed by atoms with Gasteiger partial charge in [-0.2, -0.15) is 0 Å². The van der Waals surface area contributed by atoms with Gasteiger partial charge < -0.3 is 26.5 Å². The fourth-order valence-electron chi connectivity index (χ4n) is 3.34. The van der Waals surface area contributed by atoms with Crippen LogP contribution in [-0.4, -0.2) is 56.1 Å². The van der Waals surface area contributed by atoms with Gasteiger partial charge >= 0.3 is 5.97 Å². The lowest BCUT2D eigenvalue weighted by molar-refractivity contribution is -0.117. The molecule has 0 aliphatic rings. The number of esters is 1. The largest absolute Gasteiger partial charge is 0.423 e. The van der Waals surface area contributed by atoms with Crippen molar-refractivity contribution in [2.24, 2.45) is 16.5 Å². The normalized spacial score (nSPS) is 11.2. The SMILES string of the molecule is CN(C)CCNNC=Nc1ccc(C(=O)Oc2ccc3cc(C(=N)N)ccc3c2CC(N)=O)cc1. The van der Waals surface area contributed by atoms with E-state index in [0.29, 0.717) is 27.8 Å². The smallest absolute Gasteiger partial charge is 0.343 e. The second-order valence-electron chi connectivity index (χ2n) is 8.10. The van der Waals surface area contributed by atoms with Crippen LogP contribution in [0, 0.1) is 5.41 Å². The van der Waals surface area contributed by atoms with Crippen molar-refractivity contribution >= 4 is 40.5 Å². The van der Waals surface area contributed by atoms with E-state index in [4.69, 9.17) is 21.6 Å². The highest BCUT2D eigenvalue weighted by molar-refractivity contribution is 6.01. The van der Waals surface area contributed by atoms with Gasteiger partial charge in [-0.3, -0.25) is 10.2 Å². The summed E-state index contributed by atoms with van der Waals surface area (Å²) in [5.41, 5.74) is 19.0. The number of ether oxygens (including phenoxy) is 1. The van der Waals surface area contributed by atoms with Crippen LogP contribution in [0.3, 0.4) is 0 Å². The summed E-state index contributed by atoms with van der Waals surface area (Å²) >= 11 is 0. The number of fused-ring (bicyclic) bond motifs is 1. The molecule has 35 heavy (non-hydrogen) atoms. The zero-order valence-electron chi connectivity index (χ0n) is 19.7. The molecular formula is C25H29N7O3. The summed E-state index contributed by atoms with van der Waals surface area (Å²) in [4.78, 5) is 30.8. The molecule has 182 valence electrons. The van der Waals surface area contributed by atoms with Gasteiger partial charge in [-0.25, -0.2) is 15.2 Å². The van der Waals surface area contributed by atoms with E-state index in [2.05, 4.69) is 20.7 Å². The minimum atomic E-state index is -0.575. The third-order valence-electron chi connectivity index (χ3n) is 5.12. The second-order valence-corrected chi connectivity index (χ2v) is 8.10. The number of hydrazine groups is 1. The van der Waals surface area contributed by atoms with Crippen LogP contribution in [0.1, 0.15) is 21.5 Å². The summed E-state index contributed by atoms with van der Waals surface area (Å²) in [6.45, 7) is 1.64. The predicted octanol–water partition coefficient (Wildman–Crippen LogP) is 1.69. The number of nitrogens with one attached hydrogen (secondary N) is 3. The summed E-state index contributed by atoms with van der Waals surface area (Å²) in [6.07, 6.45) is 1.42. The van der Waals surface area contributed by atoms with E-state index in [-0.39, 0.29) is 18.0 Å². The molecule has 0 unspecified atom stereocenters. The molecule has 0 heterocycles. The van der Waals surface area contributed by atoms with Crippen LogP contribution in [-0.2, 0) is 11.2 Å². The number of nitrogen functional groups attached to an aromatic ring is 1. The van der Waals surface area contributed by atoms with E-state index < -0.39 is 11.9 Å². The Labute approximate surface area is 203 Å². The average Bonchev–Trinajstić information content (AvgIpc) is 2.82. The molecule has 1 amide bonds. The van der Waals surface area contributed by atoms with Gasteiger partial charge in [0.1, 0.15) is 17.9 Å². The van der Waals surface area contributed by atoms with Crippen molar-refractivity contribution in [3.05, 3.63) is 71.3 Å². The van der Waals surface area contributed by atoms with Crippen LogP contribution in [0.2, 0.25) is 0 Å². The molecule has 0 radical (unpaired) electrons. The first-order chi connectivity index (χ1) is 16.7. The van der Waals surface area contributed by atoms with Crippen LogP contribution in [0.5, 0.6) is 5.75 Å². The lowest BCUT2D eigenvalue weighted by Crippen LogP contribution is -2.36. The van der Waals surface area contributed by atoms with Gasteiger partial charge in [-0.1, -0.05) is 18.2 Å². The number of hydrogen-bond donors (Lipinski definition) is 5. The molecule has 0 spiro atoms. The van der Waals surface area contributed by atoms with Gasteiger partial charge in [0.15, 0.2) is 0 Å². The number of nitrogens with zero attached hydrogens (tertiary/aromatic N) is 2. The van der Waals surface area contributed by atoms with Gasteiger partial charge in [-0.15, -0.1) is 0 Å². The lowest BCUT2D eigenvalue weighted by Gasteiger charge is -2.13. The van der Waals surface area contributed by atoms with Crippen LogP contribution < -0.4 is 27.1 Å². The molecule has 0 bridgehead atoms. The number of rotatable bonds is 11.